The van der Waals surface area contributed by atoms with Crippen molar-refractivity contribution in [2.24, 2.45) is 0 Å². The fourth-order valence-corrected chi connectivity index (χ4v) is 0.844. The van der Waals surface area contributed by atoms with E-state index in [-0.39, 0.29) is 0 Å². The first-order valence-corrected chi connectivity index (χ1v) is 4.23. The Morgan fingerprint density at radius 2 is 2.14 bits per heavy atom. The average Bonchev–Trinajstić information content (AvgIpc) is 2.25. The number of ether oxygens (including phenoxy) is 2. The van der Waals surface area contributed by atoms with Crippen LogP contribution < -0.4 is 4.74 Å². The Labute approximate surface area is 82.1 Å². The Balaban J connectivity index is 2.32. The predicted octanol–water partition coefficient (Wildman–Crippen LogP) is 0.591. The number of carbonyl (C=O) groups excluding carboxylic acids is 1. The van der Waals surface area contributed by atoms with Gasteiger partial charge >= 0.3 is 6.01 Å². The van der Waals surface area contributed by atoms with Gasteiger partial charge in [0, 0.05) is 24.4 Å². The molecule has 0 N–H and O–H groups in total. The predicted molar refractivity (Wildman–Crippen MR) is 48.9 cm³/mol. The molecule has 0 saturated carbocycles. The number of hydrogen-bond acceptors (Lipinski definition) is 5. The summed E-state index contributed by atoms with van der Waals surface area (Å²) in [6.45, 7) is 0.841. The van der Waals surface area contributed by atoms with Crippen LogP contribution in [0.2, 0.25) is 0 Å². The molecule has 14 heavy (non-hydrogen) atoms. The molecular formula is C9H12N2O3. The molecule has 0 spiro atoms. The van der Waals surface area contributed by atoms with Crippen LogP contribution in [0.5, 0.6) is 6.01 Å². The van der Waals surface area contributed by atoms with E-state index in [0.29, 0.717) is 25.6 Å². The van der Waals surface area contributed by atoms with E-state index >= 15 is 0 Å². The van der Waals surface area contributed by atoms with Crippen molar-refractivity contribution in [1.82, 2.24) is 9.97 Å². The third-order valence-electron chi connectivity index (χ3n) is 1.51. The fraction of sp³-hybridized carbons (Fsp3) is 0.444. The molecule has 0 fully saturated rings. The van der Waals surface area contributed by atoms with Gasteiger partial charge in [0.25, 0.3) is 0 Å². The van der Waals surface area contributed by atoms with Gasteiger partial charge in [0.05, 0.1) is 20.3 Å². The molecule has 0 unspecified atom stereocenters. The van der Waals surface area contributed by atoms with Crippen LogP contribution in [0.15, 0.2) is 12.4 Å². The van der Waals surface area contributed by atoms with E-state index in [9.17, 15) is 4.79 Å². The first-order valence-electron chi connectivity index (χ1n) is 4.23. The van der Waals surface area contributed by atoms with Gasteiger partial charge in [0.2, 0.25) is 0 Å². The Morgan fingerprint density at radius 1 is 1.43 bits per heavy atom. The number of aromatic nitrogens is 2. The van der Waals surface area contributed by atoms with E-state index in [1.54, 1.807) is 12.4 Å². The smallest absolute Gasteiger partial charge is 0.316 e. The molecular weight excluding hydrogens is 184 g/mol. The fourth-order valence-electron chi connectivity index (χ4n) is 0.844. The summed E-state index contributed by atoms with van der Waals surface area (Å²) in [7, 11) is 1.51. The lowest BCUT2D eigenvalue weighted by atomic mass is 10.4. The standard InChI is InChI=1S/C9H12N2O3/c1-13-9-10-5-8(6-11-9)7-14-4-2-3-12/h3,5-6H,2,4,7H2,1H3. The summed E-state index contributed by atoms with van der Waals surface area (Å²) in [6, 6.07) is 0.335. The van der Waals surface area contributed by atoms with Gasteiger partial charge in [-0.15, -0.1) is 0 Å². The van der Waals surface area contributed by atoms with E-state index < -0.39 is 0 Å². The van der Waals surface area contributed by atoms with Crippen molar-refractivity contribution in [3.05, 3.63) is 18.0 Å². The Kier molecular flexibility index (Phi) is 4.57. The number of hydrogen-bond donors (Lipinski definition) is 0. The average molecular weight is 196 g/mol. The van der Waals surface area contributed by atoms with Crippen LogP contribution in [0.4, 0.5) is 0 Å². The number of rotatable bonds is 6. The van der Waals surface area contributed by atoms with Crippen molar-refractivity contribution >= 4 is 6.29 Å². The van der Waals surface area contributed by atoms with Crippen LogP contribution in [0.3, 0.4) is 0 Å². The Hall–Kier alpha value is -1.49. The van der Waals surface area contributed by atoms with Crippen LogP contribution in [-0.2, 0) is 16.1 Å². The molecule has 1 heterocycles. The zero-order valence-corrected chi connectivity index (χ0v) is 7.97. The second kappa shape index (κ2) is 6.04. The molecule has 1 rings (SSSR count). The van der Waals surface area contributed by atoms with Gasteiger partial charge in [-0.1, -0.05) is 0 Å². The van der Waals surface area contributed by atoms with Crippen molar-refractivity contribution < 1.29 is 14.3 Å². The van der Waals surface area contributed by atoms with Crippen LogP contribution >= 0.6 is 0 Å². The van der Waals surface area contributed by atoms with Crippen molar-refractivity contribution in [1.29, 1.82) is 0 Å². The SMILES string of the molecule is COc1ncc(COCCC=O)cn1. The molecule has 0 aliphatic rings. The first-order chi connectivity index (χ1) is 6.86. The van der Waals surface area contributed by atoms with E-state index in [1.807, 2.05) is 0 Å². The molecule has 5 heteroatoms. The highest BCUT2D eigenvalue weighted by atomic mass is 16.5. The summed E-state index contributed by atoms with van der Waals surface area (Å²) in [6.07, 6.45) is 4.50. The van der Waals surface area contributed by atoms with Crippen molar-refractivity contribution in [3.63, 3.8) is 0 Å². The van der Waals surface area contributed by atoms with E-state index in [4.69, 9.17) is 9.47 Å². The van der Waals surface area contributed by atoms with Crippen LogP contribution in [0.1, 0.15) is 12.0 Å². The maximum Gasteiger partial charge on any atom is 0.316 e. The second-order valence-electron chi connectivity index (χ2n) is 2.59. The van der Waals surface area contributed by atoms with Gasteiger partial charge in [0.1, 0.15) is 6.29 Å². The van der Waals surface area contributed by atoms with Crippen LogP contribution in [0, 0.1) is 0 Å². The van der Waals surface area contributed by atoms with Crippen molar-refractivity contribution in [2.75, 3.05) is 13.7 Å². The number of aldehydes is 1. The monoisotopic (exact) mass is 196 g/mol. The topological polar surface area (TPSA) is 61.3 Å². The van der Waals surface area contributed by atoms with Gasteiger partial charge in [-0.05, 0) is 0 Å². The van der Waals surface area contributed by atoms with Gasteiger partial charge < -0.3 is 14.3 Å². The van der Waals surface area contributed by atoms with Crippen molar-refractivity contribution in [3.8, 4) is 6.01 Å². The molecule has 0 bridgehead atoms. The minimum absolute atomic E-state index is 0.335. The van der Waals surface area contributed by atoms with Gasteiger partial charge in [-0.3, -0.25) is 0 Å². The minimum atomic E-state index is 0.335. The zero-order chi connectivity index (χ0) is 10.2. The van der Waals surface area contributed by atoms with Crippen molar-refractivity contribution in [2.45, 2.75) is 13.0 Å². The second-order valence-corrected chi connectivity index (χ2v) is 2.59. The zero-order valence-electron chi connectivity index (χ0n) is 7.97. The molecule has 0 aliphatic carbocycles. The van der Waals surface area contributed by atoms with Gasteiger partial charge in [-0.25, -0.2) is 9.97 Å². The maximum absolute atomic E-state index is 9.98. The van der Waals surface area contributed by atoms with Gasteiger partial charge in [0.15, 0.2) is 0 Å². The van der Waals surface area contributed by atoms with E-state index in [1.165, 1.54) is 7.11 Å². The Morgan fingerprint density at radius 3 is 2.71 bits per heavy atom. The molecule has 0 aliphatic heterocycles. The summed E-state index contributed by atoms with van der Waals surface area (Å²) >= 11 is 0. The maximum atomic E-state index is 9.98. The third kappa shape index (κ3) is 3.49. The summed E-state index contributed by atoms with van der Waals surface area (Å²) in [5.74, 6) is 0. The minimum Gasteiger partial charge on any atom is -0.467 e. The molecule has 0 saturated heterocycles. The van der Waals surface area contributed by atoms with E-state index in [2.05, 4.69) is 9.97 Å². The summed E-state index contributed by atoms with van der Waals surface area (Å²) in [4.78, 5) is 17.8. The van der Waals surface area contributed by atoms with Gasteiger partial charge in [-0.2, -0.15) is 0 Å². The highest BCUT2D eigenvalue weighted by Gasteiger charge is 1.96. The molecule has 1 aromatic heterocycles. The normalized spacial score (nSPS) is 9.79. The molecule has 0 radical (unpaired) electrons. The molecule has 0 atom stereocenters. The summed E-state index contributed by atoms with van der Waals surface area (Å²) in [5.41, 5.74) is 0.858. The molecule has 5 nitrogen and oxygen atoms in total. The lowest BCUT2D eigenvalue weighted by Crippen LogP contribution is -1.98. The lowest BCUT2D eigenvalue weighted by Gasteiger charge is -2.01. The lowest BCUT2D eigenvalue weighted by molar-refractivity contribution is -0.108. The molecule has 76 valence electrons. The third-order valence-corrected chi connectivity index (χ3v) is 1.51. The van der Waals surface area contributed by atoms with Crippen LogP contribution in [0.25, 0.3) is 0 Å². The van der Waals surface area contributed by atoms with E-state index in [0.717, 1.165) is 11.8 Å². The molecule has 1 aromatic rings. The van der Waals surface area contributed by atoms with Crippen LogP contribution in [-0.4, -0.2) is 30.0 Å². The number of carbonyl (C=O) groups is 1. The quantitative estimate of drug-likeness (QED) is 0.492. The first kappa shape index (κ1) is 10.6. The summed E-state index contributed by atoms with van der Waals surface area (Å²) in [5, 5.41) is 0. The Bertz CT molecular complexity index is 274. The highest BCUT2D eigenvalue weighted by molar-refractivity contribution is 5.49. The molecule has 0 amide bonds. The largest absolute Gasteiger partial charge is 0.467 e. The molecule has 0 aromatic carbocycles. The number of methoxy groups -OCH3 is 1. The summed E-state index contributed by atoms with van der Waals surface area (Å²) < 4.78 is 9.98. The number of nitrogens with zero attached hydrogens (tertiary/aromatic N) is 2. The highest BCUT2D eigenvalue weighted by Crippen LogP contribution is 2.02.